The van der Waals surface area contributed by atoms with E-state index in [1.165, 1.54) is 11.5 Å². The summed E-state index contributed by atoms with van der Waals surface area (Å²) in [5, 5.41) is 1.91. The molecular formula is C7H4ClNS. The van der Waals surface area contributed by atoms with E-state index >= 15 is 0 Å². The van der Waals surface area contributed by atoms with Gasteiger partial charge in [-0.15, -0.1) is 0 Å². The summed E-state index contributed by atoms with van der Waals surface area (Å²) in [4.78, 5) is 0. The van der Waals surface area contributed by atoms with Crippen molar-refractivity contribution in [2.75, 3.05) is 0 Å². The molecule has 0 fully saturated rings. The van der Waals surface area contributed by atoms with Gasteiger partial charge in [0, 0.05) is 11.6 Å². The lowest BCUT2D eigenvalue weighted by Gasteiger charge is -1.87. The number of rotatable bonds is 0. The predicted octanol–water partition coefficient (Wildman–Crippen LogP) is 2.95. The molecule has 0 amide bonds. The Morgan fingerprint density at radius 3 is 3.10 bits per heavy atom. The Bertz CT molecular complexity index is 355. The topological polar surface area (TPSA) is 12.9 Å². The first kappa shape index (κ1) is 6.13. The second-order valence-corrected chi connectivity index (χ2v) is 3.19. The van der Waals surface area contributed by atoms with E-state index in [0.717, 1.165) is 15.1 Å². The Kier molecular flexibility index (Phi) is 1.36. The molecule has 0 spiro atoms. The maximum absolute atomic E-state index is 5.87. The molecule has 1 nitrogen and oxygen atoms in total. The Balaban J connectivity index is 2.95. The number of hydrogen-bond acceptors (Lipinski definition) is 2. The highest BCUT2D eigenvalue weighted by molar-refractivity contribution is 7.14. The van der Waals surface area contributed by atoms with E-state index in [-0.39, 0.29) is 0 Å². The minimum absolute atomic E-state index is 0.792. The lowest BCUT2D eigenvalue weighted by Crippen LogP contribution is -1.62. The van der Waals surface area contributed by atoms with Crippen LogP contribution in [-0.4, -0.2) is 4.37 Å². The second-order valence-electron chi connectivity index (χ2n) is 1.98. The fraction of sp³-hybridized carbons (Fsp3) is 0. The smallest absolute Gasteiger partial charge is 0.0736 e. The lowest BCUT2D eigenvalue weighted by atomic mass is 10.3. The third kappa shape index (κ3) is 0.805. The van der Waals surface area contributed by atoms with Crippen molar-refractivity contribution >= 4 is 33.2 Å². The molecule has 0 aliphatic rings. The normalized spacial score (nSPS) is 10.5. The third-order valence-electron chi connectivity index (χ3n) is 1.33. The molecule has 0 saturated carbocycles. The third-order valence-corrected chi connectivity index (χ3v) is 2.61. The largest absolute Gasteiger partial charge is 0.200 e. The van der Waals surface area contributed by atoms with Crippen molar-refractivity contribution in [3.05, 3.63) is 29.4 Å². The Morgan fingerprint density at radius 2 is 2.30 bits per heavy atom. The first-order chi connectivity index (χ1) is 4.88. The van der Waals surface area contributed by atoms with Gasteiger partial charge in [-0.3, -0.25) is 0 Å². The average molecular weight is 170 g/mol. The van der Waals surface area contributed by atoms with Crippen LogP contribution in [0.25, 0.3) is 10.1 Å². The lowest BCUT2D eigenvalue weighted by molar-refractivity contribution is 1.61. The summed E-state index contributed by atoms with van der Waals surface area (Å²) in [5.41, 5.74) is 0. The van der Waals surface area contributed by atoms with E-state index in [4.69, 9.17) is 11.6 Å². The zero-order valence-corrected chi connectivity index (χ0v) is 6.62. The van der Waals surface area contributed by atoms with Gasteiger partial charge in [0.2, 0.25) is 0 Å². The van der Waals surface area contributed by atoms with Crippen LogP contribution in [-0.2, 0) is 0 Å². The number of fused-ring (bicyclic) bond motifs is 1. The van der Waals surface area contributed by atoms with Gasteiger partial charge in [0.05, 0.1) is 9.72 Å². The number of hydrogen-bond donors (Lipinski definition) is 0. The van der Waals surface area contributed by atoms with E-state index in [1.54, 1.807) is 0 Å². The van der Waals surface area contributed by atoms with Gasteiger partial charge in [-0.05, 0) is 17.6 Å². The van der Waals surface area contributed by atoms with Crippen LogP contribution in [0.2, 0.25) is 5.02 Å². The van der Waals surface area contributed by atoms with Gasteiger partial charge in [0.15, 0.2) is 0 Å². The minimum Gasteiger partial charge on any atom is -0.200 e. The highest BCUT2D eigenvalue weighted by Gasteiger charge is 1.97. The van der Waals surface area contributed by atoms with Crippen molar-refractivity contribution in [3.8, 4) is 0 Å². The van der Waals surface area contributed by atoms with Crippen LogP contribution in [0.15, 0.2) is 24.4 Å². The molecule has 2 rings (SSSR count). The van der Waals surface area contributed by atoms with Crippen LogP contribution in [0.5, 0.6) is 0 Å². The zero-order valence-electron chi connectivity index (χ0n) is 5.04. The molecule has 10 heavy (non-hydrogen) atoms. The van der Waals surface area contributed by atoms with Crippen LogP contribution in [0, 0.1) is 0 Å². The molecule has 0 bridgehead atoms. The number of nitrogens with zero attached hydrogens (tertiary/aromatic N) is 1. The van der Waals surface area contributed by atoms with Gasteiger partial charge >= 0.3 is 0 Å². The summed E-state index contributed by atoms with van der Waals surface area (Å²) in [7, 11) is 0. The van der Waals surface area contributed by atoms with E-state index in [9.17, 15) is 0 Å². The first-order valence-electron chi connectivity index (χ1n) is 2.87. The molecule has 1 heterocycles. The van der Waals surface area contributed by atoms with Crippen molar-refractivity contribution in [1.82, 2.24) is 4.37 Å². The van der Waals surface area contributed by atoms with Gasteiger partial charge in [0.25, 0.3) is 0 Å². The van der Waals surface area contributed by atoms with Gasteiger partial charge in [-0.2, -0.15) is 4.37 Å². The molecule has 50 valence electrons. The standard InChI is InChI=1S/C7H4ClNS/c8-6-3-1-2-5-4-9-10-7(5)6/h1-4H. The van der Waals surface area contributed by atoms with Crippen molar-refractivity contribution in [2.45, 2.75) is 0 Å². The van der Waals surface area contributed by atoms with Crippen LogP contribution in [0.3, 0.4) is 0 Å². The Hall–Kier alpha value is -0.600. The summed E-state index contributed by atoms with van der Waals surface area (Å²) < 4.78 is 5.09. The number of halogens is 1. The molecule has 0 aliphatic heterocycles. The second kappa shape index (κ2) is 2.22. The zero-order chi connectivity index (χ0) is 6.97. The van der Waals surface area contributed by atoms with E-state index in [0.29, 0.717) is 0 Å². The maximum atomic E-state index is 5.87. The molecule has 0 unspecified atom stereocenters. The molecule has 0 N–H and O–H groups in total. The summed E-state index contributed by atoms with van der Waals surface area (Å²) in [6.45, 7) is 0. The highest BCUT2D eigenvalue weighted by Crippen LogP contribution is 2.25. The SMILES string of the molecule is Clc1cccc2cnsc12. The molecule has 1 aromatic carbocycles. The first-order valence-corrected chi connectivity index (χ1v) is 4.02. The van der Waals surface area contributed by atoms with Crippen LogP contribution in [0.1, 0.15) is 0 Å². The molecule has 2 aromatic rings. The van der Waals surface area contributed by atoms with E-state index in [2.05, 4.69) is 4.37 Å². The quantitative estimate of drug-likeness (QED) is 0.591. The van der Waals surface area contributed by atoms with Gasteiger partial charge in [0.1, 0.15) is 0 Å². The number of benzene rings is 1. The monoisotopic (exact) mass is 169 g/mol. The molecule has 1 aromatic heterocycles. The number of aromatic nitrogens is 1. The van der Waals surface area contributed by atoms with Crippen LogP contribution in [0.4, 0.5) is 0 Å². The summed E-state index contributed by atoms with van der Waals surface area (Å²) >= 11 is 7.30. The van der Waals surface area contributed by atoms with Crippen molar-refractivity contribution in [3.63, 3.8) is 0 Å². The van der Waals surface area contributed by atoms with Crippen molar-refractivity contribution in [2.24, 2.45) is 0 Å². The fourth-order valence-electron chi connectivity index (χ4n) is 0.859. The van der Waals surface area contributed by atoms with E-state index in [1.807, 2.05) is 24.4 Å². The molecule has 0 saturated heterocycles. The predicted molar refractivity (Wildman–Crippen MR) is 44.6 cm³/mol. The van der Waals surface area contributed by atoms with Gasteiger partial charge < -0.3 is 0 Å². The van der Waals surface area contributed by atoms with Crippen molar-refractivity contribution < 1.29 is 0 Å². The minimum atomic E-state index is 0.792. The Morgan fingerprint density at radius 1 is 1.40 bits per heavy atom. The highest BCUT2D eigenvalue weighted by atomic mass is 35.5. The summed E-state index contributed by atoms with van der Waals surface area (Å²) in [5.74, 6) is 0. The summed E-state index contributed by atoms with van der Waals surface area (Å²) in [6, 6.07) is 5.81. The molecule has 0 radical (unpaired) electrons. The Labute approximate surface area is 67.4 Å². The average Bonchev–Trinajstić information content (AvgIpc) is 2.36. The fourth-order valence-corrected chi connectivity index (χ4v) is 1.80. The van der Waals surface area contributed by atoms with Gasteiger partial charge in [-0.25, -0.2) is 0 Å². The molecular weight excluding hydrogens is 166 g/mol. The summed E-state index contributed by atoms with van der Waals surface area (Å²) in [6.07, 6.45) is 1.83. The van der Waals surface area contributed by atoms with Crippen LogP contribution >= 0.6 is 23.1 Å². The van der Waals surface area contributed by atoms with Crippen molar-refractivity contribution in [1.29, 1.82) is 0 Å². The van der Waals surface area contributed by atoms with E-state index < -0.39 is 0 Å². The van der Waals surface area contributed by atoms with Gasteiger partial charge in [-0.1, -0.05) is 23.7 Å². The molecule has 0 atom stereocenters. The molecule has 0 aliphatic carbocycles. The maximum Gasteiger partial charge on any atom is 0.0736 e. The molecule has 3 heteroatoms. The van der Waals surface area contributed by atoms with Crippen LogP contribution < -0.4 is 0 Å².